The van der Waals surface area contributed by atoms with Crippen molar-refractivity contribution >= 4 is 0 Å². The molecule has 0 radical (unpaired) electrons. The summed E-state index contributed by atoms with van der Waals surface area (Å²) in [5, 5.41) is 9.00. The van der Waals surface area contributed by atoms with Gasteiger partial charge in [-0.05, 0) is 56.6 Å². The van der Waals surface area contributed by atoms with E-state index in [1.807, 2.05) is 0 Å². The van der Waals surface area contributed by atoms with Crippen LogP contribution in [0, 0.1) is 17.1 Å². The van der Waals surface area contributed by atoms with Gasteiger partial charge in [0.25, 0.3) is 0 Å². The van der Waals surface area contributed by atoms with Gasteiger partial charge >= 0.3 is 0 Å². The van der Waals surface area contributed by atoms with Gasteiger partial charge in [0.05, 0.1) is 11.6 Å². The van der Waals surface area contributed by atoms with E-state index in [1.54, 1.807) is 6.07 Å². The van der Waals surface area contributed by atoms with Gasteiger partial charge in [0.1, 0.15) is 5.82 Å². The first-order valence-electron chi connectivity index (χ1n) is 5.59. The molecule has 0 N–H and O–H groups in total. The summed E-state index contributed by atoms with van der Waals surface area (Å²) < 4.78 is 13.0. The van der Waals surface area contributed by atoms with Crippen LogP contribution in [0.1, 0.15) is 29.9 Å². The molecule has 84 valence electrons. The predicted molar refractivity (Wildman–Crippen MR) is 60.6 cm³/mol. The molecule has 0 aliphatic carbocycles. The van der Waals surface area contributed by atoms with E-state index < -0.39 is 0 Å². The van der Waals surface area contributed by atoms with E-state index in [-0.39, 0.29) is 5.82 Å². The summed E-state index contributed by atoms with van der Waals surface area (Å²) in [6, 6.07) is 6.65. The first-order chi connectivity index (χ1) is 7.70. The second kappa shape index (κ2) is 4.63. The van der Waals surface area contributed by atoms with Crippen molar-refractivity contribution in [3.8, 4) is 6.07 Å². The molecule has 2 nitrogen and oxygen atoms in total. The van der Waals surface area contributed by atoms with Crippen LogP contribution in [-0.4, -0.2) is 25.0 Å². The van der Waals surface area contributed by atoms with Gasteiger partial charge in [0, 0.05) is 0 Å². The van der Waals surface area contributed by atoms with Crippen molar-refractivity contribution in [1.29, 1.82) is 5.26 Å². The summed E-state index contributed by atoms with van der Waals surface area (Å²) in [5.74, 6) is 0.0830. The van der Waals surface area contributed by atoms with Crippen molar-refractivity contribution in [2.75, 3.05) is 20.1 Å². The third-order valence-electron chi connectivity index (χ3n) is 3.29. The van der Waals surface area contributed by atoms with Crippen LogP contribution in [0.3, 0.4) is 0 Å². The number of halogens is 1. The molecule has 1 heterocycles. The van der Waals surface area contributed by atoms with E-state index in [9.17, 15) is 4.39 Å². The highest BCUT2D eigenvalue weighted by Gasteiger charge is 2.20. The fraction of sp³-hybridized carbons (Fsp3) is 0.462. The zero-order chi connectivity index (χ0) is 11.5. The Morgan fingerprint density at radius 1 is 1.38 bits per heavy atom. The van der Waals surface area contributed by atoms with Gasteiger partial charge in [0.15, 0.2) is 0 Å². The summed E-state index contributed by atoms with van der Waals surface area (Å²) >= 11 is 0. The number of benzene rings is 1. The maximum absolute atomic E-state index is 13.0. The molecule has 0 aromatic heterocycles. The molecule has 0 bridgehead atoms. The highest BCUT2D eigenvalue weighted by atomic mass is 19.1. The minimum Gasteiger partial charge on any atom is -0.306 e. The molecule has 0 amide bonds. The molecule has 0 unspecified atom stereocenters. The maximum atomic E-state index is 13.0. The van der Waals surface area contributed by atoms with Crippen molar-refractivity contribution in [3.05, 3.63) is 35.1 Å². The molecular weight excluding hydrogens is 203 g/mol. The Kier molecular flexibility index (Phi) is 3.21. The number of piperidine rings is 1. The number of hydrogen-bond donors (Lipinski definition) is 0. The van der Waals surface area contributed by atoms with Gasteiger partial charge in [-0.15, -0.1) is 0 Å². The highest BCUT2D eigenvalue weighted by Crippen LogP contribution is 2.29. The van der Waals surface area contributed by atoms with Crippen LogP contribution in [0.25, 0.3) is 0 Å². The van der Waals surface area contributed by atoms with Crippen LogP contribution in [0.4, 0.5) is 4.39 Å². The Labute approximate surface area is 95.3 Å². The van der Waals surface area contributed by atoms with Crippen molar-refractivity contribution in [3.63, 3.8) is 0 Å². The summed E-state index contributed by atoms with van der Waals surface area (Å²) in [5.41, 5.74) is 1.51. The zero-order valence-corrected chi connectivity index (χ0v) is 9.41. The van der Waals surface area contributed by atoms with Gasteiger partial charge in [-0.1, -0.05) is 6.07 Å². The fourth-order valence-corrected chi connectivity index (χ4v) is 2.30. The van der Waals surface area contributed by atoms with Crippen molar-refractivity contribution in [1.82, 2.24) is 4.90 Å². The third-order valence-corrected chi connectivity index (χ3v) is 3.29. The Morgan fingerprint density at radius 2 is 2.06 bits per heavy atom. The van der Waals surface area contributed by atoms with Crippen molar-refractivity contribution in [2.45, 2.75) is 18.8 Å². The first-order valence-corrected chi connectivity index (χ1v) is 5.59. The zero-order valence-electron chi connectivity index (χ0n) is 9.41. The summed E-state index contributed by atoms with van der Waals surface area (Å²) in [7, 11) is 2.10. The normalized spacial score (nSPS) is 18.3. The molecule has 0 saturated carbocycles. The molecule has 0 atom stereocenters. The Hall–Kier alpha value is -1.40. The molecule has 1 aromatic rings. The lowest BCUT2D eigenvalue weighted by molar-refractivity contribution is 0.255. The maximum Gasteiger partial charge on any atom is 0.124 e. The first kappa shape index (κ1) is 11.1. The molecule has 1 fully saturated rings. The van der Waals surface area contributed by atoms with E-state index in [0.29, 0.717) is 11.5 Å². The number of rotatable bonds is 1. The minimum atomic E-state index is -0.326. The van der Waals surface area contributed by atoms with Crippen LogP contribution in [0.15, 0.2) is 18.2 Å². The van der Waals surface area contributed by atoms with Crippen LogP contribution < -0.4 is 0 Å². The second-order valence-corrected chi connectivity index (χ2v) is 4.42. The van der Waals surface area contributed by atoms with E-state index in [2.05, 4.69) is 18.0 Å². The molecule has 1 saturated heterocycles. The smallest absolute Gasteiger partial charge is 0.124 e. The molecular formula is C13H15FN2. The Bertz CT molecular complexity index is 414. The lowest BCUT2D eigenvalue weighted by Gasteiger charge is -2.29. The Balaban J connectivity index is 2.24. The van der Waals surface area contributed by atoms with Gasteiger partial charge in [-0.2, -0.15) is 5.26 Å². The topological polar surface area (TPSA) is 27.0 Å². The predicted octanol–water partition coefficient (Wildman–Crippen LogP) is 2.51. The Morgan fingerprint density at radius 3 is 2.69 bits per heavy atom. The lowest BCUT2D eigenvalue weighted by Crippen LogP contribution is -2.29. The molecule has 1 aromatic carbocycles. The van der Waals surface area contributed by atoms with Crippen LogP contribution >= 0.6 is 0 Å². The minimum absolute atomic E-state index is 0.326. The standard InChI is InChI=1S/C13H15FN2/c1-16-6-4-10(5-7-16)13-3-2-12(14)8-11(13)9-15/h2-3,8,10H,4-7H2,1H3. The molecule has 0 spiro atoms. The molecule has 3 heteroatoms. The second-order valence-electron chi connectivity index (χ2n) is 4.42. The van der Waals surface area contributed by atoms with Gasteiger partial charge in [-0.3, -0.25) is 0 Å². The van der Waals surface area contributed by atoms with Crippen molar-refractivity contribution in [2.24, 2.45) is 0 Å². The molecule has 2 rings (SSSR count). The fourth-order valence-electron chi connectivity index (χ4n) is 2.30. The van der Waals surface area contributed by atoms with Crippen LogP contribution in [-0.2, 0) is 0 Å². The van der Waals surface area contributed by atoms with Crippen LogP contribution in [0.5, 0.6) is 0 Å². The average molecular weight is 218 g/mol. The lowest BCUT2D eigenvalue weighted by atomic mass is 9.87. The third kappa shape index (κ3) is 2.23. The average Bonchev–Trinajstić information content (AvgIpc) is 2.30. The van der Waals surface area contributed by atoms with Gasteiger partial charge in [-0.25, -0.2) is 4.39 Å². The summed E-state index contributed by atoms with van der Waals surface area (Å²) in [6.45, 7) is 2.10. The van der Waals surface area contributed by atoms with E-state index in [4.69, 9.17) is 5.26 Å². The van der Waals surface area contributed by atoms with E-state index in [0.717, 1.165) is 31.5 Å². The number of likely N-dealkylation sites (tertiary alicyclic amines) is 1. The summed E-state index contributed by atoms with van der Waals surface area (Å²) in [6.07, 6.45) is 2.10. The largest absolute Gasteiger partial charge is 0.306 e. The number of hydrogen-bond acceptors (Lipinski definition) is 2. The van der Waals surface area contributed by atoms with E-state index in [1.165, 1.54) is 12.1 Å². The SMILES string of the molecule is CN1CCC(c2ccc(F)cc2C#N)CC1. The molecule has 1 aliphatic heterocycles. The van der Waals surface area contributed by atoms with Crippen LogP contribution in [0.2, 0.25) is 0 Å². The van der Waals surface area contributed by atoms with Gasteiger partial charge < -0.3 is 4.90 Å². The highest BCUT2D eigenvalue weighted by molar-refractivity contribution is 5.40. The van der Waals surface area contributed by atoms with Gasteiger partial charge in [0.2, 0.25) is 0 Å². The monoisotopic (exact) mass is 218 g/mol. The summed E-state index contributed by atoms with van der Waals surface area (Å²) in [4.78, 5) is 2.28. The van der Waals surface area contributed by atoms with Crippen molar-refractivity contribution < 1.29 is 4.39 Å². The molecule has 1 aliphatic rings. The number of nitrogens with zero attached hydrogens (tertiary/aromatic N) is 2. The number of nitriles is 1. The quantitative estimate of drug-likeness (QED) is 0.724. The molecule has 16 heavy (non-hydrogen) atoms. The van der Waals surface area contributed by atoms with E-state index >= 15 is 0 Å².